The fourth-order valence-electron chi connectivity index (χ4n) is 3.52. The second-order valence-electron chi connectivity index (χ2n) is 7.87. The van der Waals surface area contributed by atoms with Crippen LogP contribution < -0.4 is 15.5 Å². The number of aromatic nitrogens is 4. The molecule has 1 atom stereocenters. The minimum absolute atomic E-state index is 0.231. The van der Waals surface area contributed by atoms with Crippen LogP contribution in [-0.2, 0) is 13.1 Å². The molecule has 1 saturated heterocycles. The van der Waals surface area contributed by atoms with Crippen LogP contribution in [0.5, 0.6) is 0 Å². The lowest BCUT2D eigenvalue weighted by Crippen LogP contribution is -2.34. The Balaban J connectivity index is 1.65. The molecule has 3 rings (SSSR count). The first-order valence-corrected chi connectivity index (χ1v) is 9.95. The molecule has 0 spiro atoms. The van der Waals surface area contributed by atoms with Gasteiger partial charge in [-0.1, -0.05) is 13.8 Å². The Morgan fingerprint density at radius 2 is 2.11 bits per heavy atom. The molecule has 0 aromatic carbocycles. The van der Waals surface area contributed by atoms with E-state index in [4.69, 9.17) is 0 Å². The molecule has 2 aromatic rings. The summed E-state index contributed by atoms with van der Waals surface area (Å²) in [4.78, 5) is 23.1. The zero-order chi connectivity index (χ0) is 20.3. The van der Waals surface area contributed by atoms with Gasteiger partial charge in [0.15, 0.2) is 0 Å². The Morgan fingerprint density at radius 3 is 2.82 bits per heavy atom. The van der Waals surface area contributed by atoms with E-state index in [0.717, 1.165) is 49.7 Å². The zero-order valence-corrected chi connectivity index (χ0v) is 17.5. The summed E-state index contributed by atoms with van der Waals surface area (Å²) in [5, 5.41) is 10.7. The predicted molar refractivity (Wildman–Crippen MR) is 109 cm³/mol. The first-order valence-electron chi connectivity index (χ1n) is 9.95. The third kappa shape index (κ3) is 4.49. The van der Waals surface area contributed by atoms with Crippen molar-refractivity contribution in [3.05, 3.63) is 35.0 Å². The largest absolute Gasteiger partial charge is 0.355 e. The van der Waals surface area contributed by atoms with Crippen molar-refractivity contribution >= 4 is 11.7 Å². The summed E-state index contributed by atoms with van der Waals surface area (Å²) in [5.74, 6) is 1.41. The van der Waals surface area contributed by atoms with Crippen molar-refractivity contribution in [2.75, 3.05) is 25.0 Å². The Labute approximate surface area is 166 Å². The number of hydrogen-bond donors (Lipinski definition) is 2. The average molecular weight is 386 g/mol. The van der Waals surface area contributed by atoms with Gasteiger partial charge in [-0.15, -0.1) is 0 Å². The SMILES string of the molecule is CNC(=O)c1nc(C)c(C)c(N2CC[C@@H](NCc3ccnn3CC(C)C)C2)n1. The molecule has 152 valence electrons. The Bertz CT molecular complexity index is 830. The van der Waals surface area contributed by atoms with E-state index in [2.05, 4.69) is 55.2 Å². The summed E-state index contributed by atoms with van der Waals surface area (Å²) in [5.41, 5.74) is 3.09. The van der Waals surface area contributed by atoms with E-state index in [-0.39, 0.29) is 11.7 Å². The van der Waals surface area contributed by atoms with Crippen LogP contribution in [-0.4, -0.2) is 51.8 Å². The molecule has 2 aromatic heterocycles. The topological polar surface area (TPSA) is 88.0 Å². The van der Waals surface area contributed by atoms with Gasteiger partial charge in [0.1, 0.15) is 5.82 Å². The van der Waals surface area contributed by atoms with Gasteiger partial charge in [-0.3, -0.25) is 9.48 Å². The van der Waals surface area contributed by atoms with Crippen LogP contribution in [0.15, 0.2) is 12.3 Å². The van der Waals surface area contributed by atoms with Gasteiger partial charge in [-0.05, 0) is 32.3 Å². The lowest BCUT2D eigenvalue weighted by atomic mass is 10.2. The summed E-state index contributed by atoms with van der Waals surface area (Å²) in [6.45, 7) is 11.9. The third-order valence-corrected chi connectivity index (χ3v) is 5.20. The maximum Gasteiger partial charge on any atom is 0.288 e. The molecule has 0 aliphatic carbocycles. The number of aryl methyl sites for hydroxylation is 1. The molecule has 3 heterocycles. The van der Waals surface area contributed by atoms with Crippen molar-refractivity contribution in [3.63, 3.8) is 0 Å². The standard InChI is InChI=1S/C20H31N7O/c1-13(2)11-27-17(6-8-23-27)10-22-16-7-9-26(12-16)19-14(3)15(4)24-18(25-19)20(28)21-5/h6,8,13,16,22H,7,9-12H2,1-5H3,(H,21,28)/t16-/m1/s1. The highest BCUT2D eigenvalue weighted by Gasteiger charge is 2.26. The molecular weight excluding hydrogens is 354 g/mol. The van der Waals surface area contributed by atoms with Crippen molar-refractivity contribution in [2.24, 2.45) is 5.92 Å². The second-order valence-corrected chi connectivity index (χ2v) is 7.87. The molecule has 8 heteroatoms. The number of nitrogens with zero attached hydrogens (tertiary/aromatic N) is 5. The van der Waals surface area contributed by atoms with Crippen molar-refractivity contribution in [2.45, 2.75) is 53.2 Å². The quantitative estimate of drug-likeness (QED) is 0.754. The Kier molecular flexibility index (Phi) is 6.28. The van der Waals surface area contributed by atoms with Gasteiger partial charge in [0, 0.05) is 56.7 Å². The molecule has 1 amide bonds. The summed E-state index contributed by atoms with van der Waals surface area (Å²) >= 11 is 0. The lowest BCUT2D eigenvalue weighted by Gasteiger charge is -2.21. The molecule has 0 radical (unpaired) electrons. The van der Waals surface area contributed by atoms with Crippen molar-refractivity contribution < 1.29 is 4.79 Å². The molecule has 0 saturated carbocycles. The number of amides is 1. The van der Waals surface area contributed by atoms with Gasteiger partial charge < -0.3 is 15.5 Å². The van der Waals surface area contributed by atoms with Crippen LogP contribution >= 0.6 is 0 Å². The van der Waals surface area contributed by atoms with E-state index in [1.807, 2.05) is 20.0 Å². The van der Waals surface area contributed by atoms with Gasteiger partial charge in [0.2, 0.25) is 5.82 Å². The van der Waals surface area contributed by atoms with Crippen LogP contribution in [0.2, 0.25) is 0 Å². The van der Waals surface area contributed by atoms with E-state index in [0.29, 0.717) is 12.0 Å². The normalized spacial score (nSPS) is 16.8. The minimum atomic E-state index is -0.253. The van der Waals surface area contributed by atoms with Crippen molar-refractivity contribution in [1.29, 1.82) is 0 Å². The van der Waals surface area contributed by atoms with Crippen LogP contribution in [0.4, 0.5) is 5.82 Å². The van der Waals surface area contributed by atoms with E-state index >= 15 is 0 Å². The van der Waals surface area contributed by atoms with Crippen LogP contribution in [0.25, 0.3) is 0 Å². The maximum absolute atomic E-state index is 12.0. The molecule has 2 N–H and O–H groups in total. The van der Waals surface area contributed by atoms with E-state index in [1.54, 1.807) is 7.05 Å². The fourth-order valence-corrected chi connectivity index (χ4v) is 3.52. The highest BCUT2D eigenvalue weighted by Crippen LogP contribution is 2.24. The van der Waals surface area contributed by atoms with E-state index < -0.39 is 0 Å². The summed E-state index contributed by atoms with van der Waals surface area (Å²) < 4.78 is 2.08. The number of carbonyl (C=O) groups is 1. The minimum Gasteiger partial charge on any atom is -0.355 e. The molecular formula is C20H31N7O. The second kappa shape index (κ2) is 8.68. The van der Waals surface area contributed by atoms with Crippen molar-refractivity contribution in [1.82, 2.24) is 30.4 Å². The molecule has 1 aliphatic heterocycles. The maximum atomic E-state index is 12.0. The molecule has 8 nitrogen and oxygen atoms in total. The Morgan fingerprint density at radius 1 is 1.32 bits per heavy atom. The van der Waals surface area contributed by atoms with Crippen LogP contribution in [0.3, 0.4) is 0 Å². The van der Waals surface area contributed by atoms with Crippen molar-refractivity contribution in [3.8, 4) is 0 Å². The van der Waals surface area contributed by atoms with Gasteiger partial charge in [-0.25, -0.2) is 9.97 Å². The van der Waals surface area contributed by atoms with Gasteiger partial charge >= 0.3 is 0 Å². The summed E-state index contributed by atoms with van der Waals surface area (Å²) in [6.07, 6.45) is 2.91. The number of hydrogen-bond acceptors (Lipinski definition) is 6. The smallest absolute Gasteiger partial charge is 0.288 e. The molecule has 28 heavy (non-hydrogen) atoms. The van der Waals surface area contributed by atoms with Gasteiger partial charge in [-0.2, -0.15) is 5.10 Å². The molecule has 0 bridgehead atoms. The molecule has 0 unspecified atom stereocenters. The highest BCUT2D eigenvalue weighted by atomic mass is 16.2. The monoisotopic (exact) mass is 385 g/mol. The summed E-state index contributed by atoms with van der Waals surface area (Å²) in [7, 11) is 1.60. The fraction of sp³-hybridized carbons (Fsp3) is 0.600. The summed E-state index contributed by atoms with van der Waals surface area (Å²) in [6, 6.07) is 2.45. The molecule has 1 aliphatic rings. The highest BCUT2D eigenvalue weighted by molar-refractivity contribution is 5.90. The first-order chi connectivity index (χ1) is 13.4. The number of carbonyl (C=O) groups excluding carboxylic acids is 1. The predicted octanol–water partition coefficient (Wildman–Crippen LogP) is 1.67. The number of anilines is 1. The van der Waals surface area contributed by atoms with E-state index in [1.165, 1.54) is 5.69 Å². The van der Waals surface area contributed by atoms with E-state index in [9.17, 15) is 4.79 Å². The third-order valence-electron chi connectivity index (χ3n) is 5.20. The van der Waals surface area contributed by atoms with Gasteiger partial charge in [0.05, 0.1) is 5.69 Å². The average Bonchev–Trinajstić information content (AvgIpc) is 3.30. The molecule has 1 fully saturated rings. The zero-order valence-electron chi connectivity index (χ0n) is 17.5. The van der Waals surface area contributed by atoms with Crippen LogP contribution in [0, 0.1) is 19.8 Å². The Hall–Kier alpha value is -2.48. The van der Waals surface area contributed by atoms with Crippen LogP contribution in [0.1, 0.15) is 47.8 Å². The first kappa shape index (κ1) is 20.3. The number of rotatable bonds is 7. The van der Waals surface area contributed by atoms with Gasteiger partial charge in [0.25, 0.3) is 5.91 Å². The lowest BCUT2D eigenvalue weighted by molar-refractivity contribution is 0.0952. The number of nitrogens with one attached hydrogen (secondary N) is 2.